The van der Waals surface area contributed by atoms with Gasteiger partial charge in [-0.25, -0.2) is 28.6 Å². The Balaban J connectivity index is 0.0000105. The Labute approximate surface area is 329 Å². The van der Waals surface area contributed by atoms with Crippen LogP contribution in [0.25, 0.3) is 11.2 Å². The first-order valence-corrected chi connectivity index (χ1v) is 21.1. The summed E-state index contributed by atoms with van der Waals surface area (Å²) >= 11 is 0.939. The Kier molecular flexibility index (Phi) is 18.5. The van der Waals surface area contributed by atoms with Gasteiger partial charge in [0.1, 0.15) is 36.3 Å². The molecule has 8 unspecified atom stereocenters. The van der Waals surface area contributed by atoms with E-state index in [0.717, 1.165) is 29.0 Å². The van der Waals surface area contributed by atoms with E-state index >= 15 is 0 Å². The molecule has 0 bridgehead atoms. The quantitative estimate of drug-likeness (QED) is 0.0370. The Hall–Kier alpha value is -1.88. The van der Waals surface area contributed by atoms with Gasteiger partial charge >= 0.3 is 23.5 Å². The zero-order chi connectivity index (χ0) is 40.6. The molecule has 2 aromatic heterocycles. The summed E-state index contributed by atoms with van der Waals surface area (Å²) < 4.78 is 61.9. The van der Waals surface area contributed by atoms with Crippen molar-refractivity contribution in [2.75, 3.05) is 37.8 Å². The van der Waals surface area contributed by atoms with Gasteiger partial charge in [0.25, 0.3) is 0 Å². The number of carbonyl (C=O) groups excluding carboxylic acids is 3. The molecule has 3 rings (SSSR count). The van der Waals surface area contributed by atoms with Gasteiger partial charge in [-0.15, -0.1) is 0 Å². The van der Waals surface area contributed by atoms with Crippen LogP contribution in [0.5, 0.6) is 0 Å². The van der Waals surface area contributed by atoms with E-state index < -0.39 is 90.7 Å². The normalized spacial score (nSPS) is 22.2. The molecule has 1 aliphatic heterocycles. The number of nitrogen functional groups attached to an aromatic ring is 1. The number of hydrogen-bond donors (Lipinski definition) is 10. The number of anilines is 1. The number of ether oxygens (including phenoxy) is 1. The minimum absolute atomic E-state index is 0. The van der Waals surface area contributed by atoms with Crippen LogP contribution >= 0.6 is 35.2 Å². The summed E-state index contributed by atoms with van der Waals surface area (Å²) in [5.41, 5.74) is 4.23. The van der Waals surface area contributed by atoms with E-state index in [0.29, 0.717) is 0 Å². The number of carbonyl (C=O) groups is 3. The van der Waals surface area contributed by atoms with Gasteiger partial charge in [0, 0.05) is 56.0 Å². The second-order valence-electron chi connectivity index (χ2n) is 12.3. The van der Waals surface area contributed by atoms with Gasteiger partial charge in [-0.1, -0.05) is 25.6 Å². The first kappa shape index (κ1) is 49.3. The van der Waals surface area contributed by atoms with Gasteiger partial charge in [-0.3, -0.25) is 32.5 Å². The number of nitrogens with one attached hydrogen (secondary N) is 2. The standard InChI is InChI=1S/C25H42N7O18P3S.Li/c1-13(33)8-16(35)54-7-6-27-15(34)4-5-28-23(38)20(37)25(2,3)10-47-53(44,45)50-52(42,43)46-9-14-19(49-51(39,40)41)18(36)24(48-14)32-12-31-17-21(26)29-11-30-22(17)32;/h11-14,18-20,24,33,36-37H,4-10H2,1-3H3,(H,27,34)(H,28,38)(H,42,43)(H,44,45)(H2,26,29,30)(H2,39,40,41);. The molecule has 8 atom stereocenters. The van der Waals surface area contributed by atoms with Gasteiger partial charge in [0.05, 0.1) is 25.6 Å². The van der Waals surface area contributed by atoms with Crippen molar-refractivity contribution in [3.8, 4) is 0 Å². The molecule has 1 fully saturated rings. The third kappa shape index (κ3) is 15.4. The molecule has 3 heterocycles. The number of hydrogen-bond acceptors (Lipinski definition) is 19. The molecule has 1 radical (unpaired) electrons. The average molecular weight is 861 g/mol. The van der Waals surface area contributed by atoms with Crippen LogP contribution in [0.4, 0.5) is 5.82 Å². The molecule has 0 saturated carbocycles. The van der Waals surface area contributed by atoms with E-state index in [9.17, 15) is 63.0 Å². The van der Waals surface area contributed by atoms with Crippen molar-refractivity contribution >= 4 is 88.0 Å². The number of aliphatic hydroxyl groups is 3. The number of thioether (sulfide) groups is 1. The van der Waals surface area contributed by atoms with Gasteiger partial charge in [-0.2, -0.15) is 4.31 Å². The predicted molar refractivity (Wildman–Crippen MR) is 189 cm³/mol. The van der Waals surface area contributed by atoms with Crippen LogP contribution in [0.2, 0.25) is 0 Å². The number of aliphatic hydroxyl groups excluding tert-OH is 3. The van der Waals surface area contributed by atoms with Gasteiger partial charge < -0.3 is 56.0 Å². The minimum atomic E-state index is -5.57. The summed E-state index contributed by atoms with van der Waals surface area (Å²) in [5.74, 6) is -1.25. The molecule has 2 amide bonds. The summed E-state index contributed by atoms with van der Waals surface area (Å²) in [6.07, 6.45) is -7.79. The smallest absolute Gasteiger partial charge is 0.393 e. The van der Waals surface area contributed by atoms with E-state index in [1.165, 1.54) is 20.8 Å². The van der Waals surface area contributed by atoms with Gasteiger partial charge in [-0.05, 0) is 6.92 Å². The van der Waals surface area contributed by atoms with E-state index in [2.05, 4.69) is 34.4 Å². The Morgan fingerprint density at radius 2 is 1.71 bits per heavy atom. The molecule has 25 nitrogen and oxygen atoms in total. The van der Waals surface area contributed by atoms with Crippen LogP contribution in [0.3, 0.4) is 0 Å². The van der Waals surface area contributed by atoms with Crippen LogP contribution < -0.4 is 16.4 Å². The molecular formula is C25H42LiN7O18P3S. The van der Waals surface area contributed by atoms with E-state index in [-0.39, 0.29) is 72.6 Å². The molecule has 0 aliphatic carbocycles. The van der Waals surface area contributed by atoms with E-state index in [1.54, 1.807) is 0 Å². The monoisotopic (exact) mass is 860 g/mol. The molecule has 30 heteroatoms. The van der Waals surface area contributed by atoms with Crippen LogP contribution in [-0.4, -0.2) is 153 Å². The van der Waals surface area contributed by atoms with Crippen LogP contribution in [-0.2, 0) is 50.7 Å². The summed E-state index contributed by atoms with van der Waals surface area (Å²) in [4.78, 5) is 86.9. The van der Waals surface area contributed by atoms with Crippen molar-refractivity contribution in [2.45, 2.75) is 70.4 Å². The number of phosphoric ester groups is 3. The fraction of sp³-hybridized carbons (Fsp3) is 0.680. The molecule has 2 aromatic rings. The van der Waals surface area contributed by atoms with Crippen LogP contribution in [0, 0.1) is 5.41 Å². The second-order valence-corrected chi connectivity index (χ2v) is 17.7. The summed E-state index contributed by atoms with van der Waals surface area (Å²) in [6.45, 7) is 1.83. The fourth-order valence-electron chi connectivity index (χ4n) is 4.60. The van der Waals surface area contributed by atoms with Crippen molar-refractivity contribution in [1.29, 1.82) is 0 Å². The minimum Gasteiger partial charge on any atom is -0.393 e. The topological polar surface area (TPSA) is 384 Å². The third-order valence-electron chi connectivity index (χ3n) is 7.23. The van der Waals surface area contributed by atoms with Crippen LogP contribution in [0.15, 0.2) is 12.7 Å². The molecule has 307 valence electrons. The van der Waals surface area contributed by atoms with Crippen molar-refractivity contribution in [2.24, 2.45) is 5.41 Å². The van der Waals surface area contributed by atoms with E-state index in [1.807, 2.05) is 0 Å². The SMILES string of the molecule is CC(O)CC(=O)SCCNC(=O)CCNC(=O)C(O)C(C)(C)COP(=O)(O)OP(=O)(O)OCC1OC(n2cnc3c(N)ncnc32)C(O)C1OP(=O)(O)O.[Li]. The maximum Gasteiger partial charge on any atom is 0.481 e. The zero-order valence-electron chi connectivity index (χ0n) is 29.8. The number of imidazole rings is 1. The number of aromatic nitrogens is 4. The number of fused-ring (bicyclic) bond motifs is 1. The first-order valence-electron chi connectivity index (χ1n) is 15.6. The molecule has 11 N–H and O–H groups in total. The molecule has 0 aromatic carbocycles. The number of nitrogens with two attached hydrogens (primary N) is 1. The number of phosphoric acid groups is 3. The Bertz CT molecular complexity index is 1790. The van der Waals surface area contributed by atoms with Gasteiger partial charge in [0.15, 0.2) is 22.8 Å². The summed E-state index contributed by atoms with van der Waals surface area (Å²) in [7, 11) is -16.4. The predicted octanol–water partition coefficient (Wildman–Crippen LogP) is -1.95. The largest absolute Gasteiger partial charge is 0.481 e. The molecule has 55 heavy (non-hydrogen) atoms. The average Bonchev–Trinajstić information content (AvgIpc) is 3.60. The van der Waals surface area contributed by atoms with Gasteiger partial charge in [0.2, 0.25) is 11.8 Å². The molecule has 0 spiro atoms. The van der Waals surface area contributed by atoms with Crippen molar-refractivity contribution in [1.82, 2.24) is 30.2 Å². The number of nitrogens with zero attached hydrogens (tertiary/aromatic N) is 4. The second kappa shape index (κ2) is 20.7. The van der Waals surface area contributed by atoms with Crippen molar-refractivity contribution in [3.05, 3.63) is 12.7 Å². The summed E-state index contributed by atoms with van der Waals surface area (Å²) in [6, 6.07) is 0. The number of amides is 2. The Morgan fingerprint density at radius 1 is 1.05 bits per heavy atom. The van der Waals surface area contributed by atoms with E-state index in [4.69, 9.17) is 19.5 Å². The maximum absolute atomic E-state index is 12.6. The zero-order valence-corrected chi connectivity index (χ0v) is 33.3. The van der Waals surface area contributed by atoms with Crippen LogP contribution in [0.1, 0.15) is 39.8 Å². The fourth-order valence-corrected chi connectivity index (χ4v) is 8.22. The van der Waals surface area contributed by atoms with Crippen molar-refractivity contribution < 1.29 is 85.6 Å². The third-order valence-corrected chi connectivity index (χ3v) is 11.2. The maximum atomic E-state index is 12.6. The number of rotatable bonds is 21. The molecule has 1 aliphatic rings. The summed E-state index contributed by atoms with van der Waals surface area (Å²) in [5, 5.41) is 35.2. The molecule has 1 saturated heterocycles. The first-order chi connectivity index (χ1) is 24.9. The Morgan fingerprint density at radius 3 is 2.35 bits per heavy atom. The molecular weight excluding hydrogens is 818 g/mol. The van der Waals surface area contributed by atoms with Crippen molar-refractivity contribution in [3.63, 3.8) is 0 Å².